The second kappa shape index (κ2) is 9.91. The molecule has 11 nitrogen and oxygen atoms in total. The van der Waals surface area contributed by atoms with Crippen molar-refractivity contribution in [3.8, 4) is 11.5 Å². The number of piperazine rings is 1. The van der Waals surface area contributed by atoms with Gasteiger partial charge in [-0.25, -0.2) is 15.0 Å². The molecule has 1 aliphatic heterocycles. The van der Waals surface area contributed by atoms with Gasteiger partial charge in [0.2, 0.25) is 0 Å². The van der Waals surface area contributed by atoms with E-state index in [9.17, 15) is 4.79 Å². The lowest BCUT2D eigenvalue weighted by molar-refractivity contribution is 0.102. The van der Waals surface area contributed by atoms with Crippen LogP contribution in [-0.2, 0) is 0 Å². The molecule has 1 amide bonds. The Labute approximate surface area is 225 Å². The molecule has 0 bridgehead atoms. The number of benzene rings is 1. The van der Waals surface area contributed by atoms with Gasteiger partial charge in [0.25, 0.3) is 5.91 Å². The lowest BCUT2D eigenvalue weighted by Gasteiger charge is -2.38. The number of carbonyl (C=O) groups excluding carboxylic acids is 1. The number of rotatable bonds is 5. The number of hydrogen-bond donors (Lipinski definition) is 2. The molecule has 2 N–H and O–H groups in total. The summed E-state index contributed by atoms with van der Waals surface area (Å²) in [5, 5.41) is 6.56. The second-order valence-electron chi connectivity index (χ2n) is 9.99. The predicted molar refractivity (Wildman–Crippen MR) is 149 cm³/mol. The van der Waals surface area contributed by atoms with Crippen molar-refractivity contribution in [1.29, 1.82) is 0 Å². The van der Waals surface area contributed by atoms with Gasteiger partial charge in [0, 0.05) is 56.0 Å². The van der Waals surface area contributed by atoms with E-state index in [1.807, 2.05) is 36.6 Å². The van der Waals surface area contributed by atoms with Crippen LogP contribution in [0.2, 0.25) is 0 Å². The molecule has 198 valence electrons. The number of pyridine rings is 1. The van der Waals surface area contributed by atoms with Crippen LogP contribution in [0.4, 0.5) is 11.4 Å². The number of hydrogen-bond acceptors (Lipinski definition) is 9. The number of anilines is 2. The summed E-state index contributed by atoms with van der Waals surface area (Å²) < 4.78 is 7.89. The normalized spacial score (nSPS) is 17.5. The third-order valence-electron chi connectivity index (χ3n) is 6.63. The van der Waals surface area contributed by atoms with Crippen molar-refractivity contribution >= 4 is 34.0 Å². The third kappa shape index (κ3) is 4.96. The highest BCUT2D eigenvalue weighted by Gasteiger charge is 2.25. The predicted octanol–water partition coefficient (Wildman–Crippen LogP) is 3.92. The molecule has 0 unspecified atom stereocenters. The zero-order valence-corrected chi connectivity index (χ0v) is 22.2. The van der Waals surface area contributed by atoms with E-state index in [1.54, 1.807) is 37.1 Å². The van der Waals surface area contributed by atoms with Crippen molar-refractivity contribution in [2.45, 2.75) is 39.8 Å². The van der Waals surface area contributed by atoms with E-state index in [2.05, 4.69) is 54.3 Å². The van der Waals surface area contributed by atoms with Crippen molar-refractivity contribution in [1.82, 2.24) is 34.6 Å². The Balaban J connectivity index is 1.34. The first-order valence-corrected chi connectivity index (χ1v) is 12.9. The van der Waals surface area contributed by atoms with Crippen LogP contribution in [0.15, 0.2) is 55.4 Å². The van der Waals surface area contributed by atoms with Crippen LogP contribution in [0, 0.1) is 13.8 Å². The van der Waals surface area contributed by atoms with Crippen LogP contribution in [0.3, 0.4) is 0 Å². The quantitative estimate of drug-likeness (QED) is 0.353. The Hall–Kier alpha value is -4.64. The first kappa shape index (κ1) is 24.7. The SMILES string of the molecule is Cc1cn2cc(NC(=O)c3ccc(N4C[C@@H](C)N[C@H](C)C4)c4nccnc34)cc(Oc3cnc(C)nc3)c2n1. The van der Waals surface area contributed by atoms with Gasteiger partial charge in [-0.2, -0.15) is 0 Å². The van der Waals surface area contributed by atoms with E-state index in [0.29, 0.717) is 57.3 Å². The van der Waals surface area contributed by atoms with Gasteiger partial charge in [0.15, 0.2) is 17.1 Å². The summed E-state index contributed by atoms with van der Waals surface area (Å²) in [4.78, 5) is 38.0. The van der Waals surface area contributed by atoms with Crippen molar-refractivity contribution in [3.63, 3.8) is 0 Å². The fraction of sp³-hybridized carbons (Fsp3) is 0.286. The smallest absolute Gasteiger partial charge is 0.257 e. The summed E-state index contributed by atoms with van der Waals surface area (Å²) in [6, 6.07) is 6.21. The van der Waals surface area contributed by atoms with Crippen LogP contribution < -0.4 is 20.3 Å². The molecular formula is C28H29N9O2. The van der Waals surface area contributed by atoms with Crippen molar-refractivity contribution in [3.05, 3.63) is 72.5 Å². The number of imidazole rings is 1. The standard InChI is InChI=1S/C28H29N9O2/c1-16-12-36(13-17(2)33-16)23-6-5-22(25-26(23)30-8-7-29-25)28(38)35-20-9-24(27-34-18(3)14-37(27)15-20)39-21-10-31-19(4)32-11-21/h5-11,14-17,33H,12-13H2,1-4H3,(H,35,38)/t16-,17-/m1/s1. The summed E-state index contributed by atoms with van der Waals surface area (Å²) >= 11 is 0. The van der Waals surface area contributed by atoms with Gasteiger partial charge in [0.05, 0.1) is 35.0 Å². The maximum absolute atomic E-state index is 13.6. The van der Waals surface area contributed by atoms with Gasteiger partial charge in [0.1, 0.15) is 16.9 Å². The van der Waals surface area contributed by atoms with Crippen molar-refractivity contribution in [2.24, 2.45) is 0 Å². The average molecular weight is 524 g/mol. The highest BCUT2D eigenvalue weighted by molar-refractivity contribution is 6.13. The van der Waals surface area contributed by atoms with Gasteiger partial charge < -0.3 is 24.7 Å². The minimum atomic E-state index is -0.296. The molecule has 2 atom stereocenters. The topological polar surface area (TPSA) is 122 Å². The van der Waals surface area contributed by atoms with E-state index in [0.717, 1.165) is 24.5 Å². The summed E-state index contributed by atoms with van der Waals surface area (Å²) in [7, 11) is 0. The summed E-state index contributed by atoms with van der Waals surface area (Å²) in [5.74, 6) is 1.29. The zero-order chi connectivity index (χ0) is 27.1. The maximum atomic E-state index is 13.6. The van der Waals surface area contributed by atoms with Crippen molar-refractivity contribution in [2.75, 3.05) is 23.3 Å². The van der Waals surface area contributed by atoms with Gasteiger partial charge in [-0.15, -0.1) is 0 Å². The number of fused-ring (bicyclic) bond motifs is 2. The number of ether oxygens (including phenoxy) is 1. The van der Waals surface area contributed by atoms with E-state index in [-0.39, 0.29) is 5.91 Å². The summed E-state index contributed by atoms with van der Waals surface area (Å²) in [6.45, 7) is 9.74. The molecule has 5 heterocycles. The van der Waals surface area contributed by atoms with Gasteiger partial charge >= 0.3 is 0 Å². The largest absolute Gasteiger partial charge is 0.450 e. The van der Waals surface area contributed by atoms with Gasteiger partial charge in [-0.3, -0.25) is 14.8 Å². The molecule has 39 heavy (non-hydrogen) atoms. The molecule has 5 aromatic rings. The lowest BCUT2D eigenvalue weighted by Crippen LogP contribution is -2.54. The first-order chi connectivity index (χ1) is 18.8. The molecule has 1 fully saturated rings. The average Bonchev–Trinajstić information content (AvgIpc) is 3.29. The summed E-state index contributed by atoms with van der Waals surface area (Å²) in [6.07, 6.45) is 10.2. The molecular weight excluding hydrogens is 494 g/mol. The Kier molecular flexibility index (Phi) is 6.27. The molecule has 1 saturated heterocycles. The van der Waals surface area contributed by atoms with Crippen LogP contribution in [0.1, 0.15) is 35.7 Å². The van der Waals surface area contributed by atoms with E-state index < -0.39 is 0 Å². The molecule has 1 aromatic carbocycles. The lowest BCUT2D eigenvalue weighted by atomic mass is 10.1. The Bertz CT molecular complexity index is 1670. The molecule has 0 spiro atoms. The molecule has 0 radical (unpaired) electrons. The Morgan fingerprint density at radius 3 is 2.46 bits per heavy atom. The fourth-order valence-electron chi connectivity index (χ4n) is 5.10. The molecule has 6 rings (SSSR count). The zero-order valence-electron chi connectivity index (χ0n) is 22.2. The number of nitrogens with zero attached hydrogens (tertiary/aromatic N) is 7. The fourth-order valence-corrected chi connectivity index (χ4v) is 5.10. The van der Waals surface area contributed by atoms with Crippen LogP contribution in [0.25, 0.3) is 16.7 Å². The Morgan fingerprint density at radius 1 is 1.00 bits per heavy atom. The first-order valence-electron chi connectivity index (χ1n) is 12.9. The molecule has 1 aliphatic rings. The Morgan fingerprint density at radius 2 is 1.72 bits per heavy atom. The minimum absolute atomic E-state index is 0.296. The number of nitrogens with one attached hydrogen (secondary N) is 2. The van der Waals surface area contributed by atoms with Gasteiger partial charge in [-0.05, 0) is 39.8 Å². The molecule has 11 heteroatoms. The number of aromatic nitrogens is 6. The third-order valence-corrected chi connectivity index (χ3v) is 6.63. The molecule has 4 aromatic heterocycles. The highest BCUT2D eigenvalue weighted by atomic mass is 16.5. The number of aryl methyl sites for hydroxylation is 2. The molecule has 0 aliphatic carbocycles. The monoisotopic (exact) mass is 523 g/mol. The minimum Gasteiger partial charge on any atom is -0.450 e. The van der Waals surface area contributed by atoms with Crippen LogP contribution >= 0.6 is 0 Å². The van der Waals surface area contributed by atoms with Crippen molar-refractivity contribution < 1.29 is 9.53 Å². The second-order valence-corrected chi connectivity index (χ2v) is 9.99. The van der Waals surface area contributed by atoms with E-state index >= 15 is 0 Å². The maximum Gasteiger partial charge on any atom is 0.257 e. The number of carbonyl (C=O) groups is 1. The molecule has 0 saturated carbocycles. The van der Waals surface area contributed by atoms with Gasteiger partial charge in [-0.1, -0.05) is 0 Å². The highest BCUT2D eigenvalue weighted by Crippen LogP contribution is 2.31. The summed E-state index contributed by atoms with van der Waals surface area (Å²) in [5.41, 5.74) is 4.65. The number of amides is 1. The van der Waals surface area contributed by atoms with Crippen LogP contribution in [-0.4, -0.2) is 60.4 Å². The van der Waals surface area contributed by atoms with E-state index in [4.69, 9.17) is 4.74 Å². The van der Waals surface area contributed by atoms with Crippen LogP contribution in [0.5, 0.6) is 11.5 Å². The van der Waals surface area contributed by atoms with E-state index in [1.165, 1.54) is 0 Å².